The number of nitrogens with zero attached hydrogens (tertiary/aromatic N) is 3. The molecular formula is C20H34N4O2S. The van der Waals surface area contributed by atoms with Gasteiger partial charge in [0.15, 0.2) is 5.96 Å². The topological polar surface area (TPSA) is 57.2 Å². The highest BCUT2D eigenvalue weighted by atomic mass is 32.1. The maximum atomic E-state index is 12.3. The van der Waals surface area contributed by atoms with Gasteiger partial charge in [0.05, 0.1) is 0 Å². The van der Waals surface area contributed by atoms with Gasteiger partial charge in [-0.15, -0.1) is 0 Å². The average Bonchev–Trinajstić information content (AvgIpc) is 3.13. The van der Waals surface area contributed by atoms with Gasteiger partial charge in [0.25, 0.3) is 0 Å². The number of piperidine rings is 1. The molecule has 2 heterocycles. The number of hydrogen-bond acceptors (Lipinski definition) is 4. The Labute approximate surface area is 167 Å². The predicted molar refractivity (Wildman–Crippen MR) is 112 cm³/mol. The van der Waals surface area contributed by atoms with E-state index < -0.39 is 5.60 Å². The molecule has 0 spiro atoms. The maximum Gasteiger partial charge on any atom is 0.410 e. The number of rotatable bonds is 5. The van der Waals surface area contributed by atoms with Crippen molar-refractivity contribution in [3.05, 3.63) is 22.4 Å². The SMILES string of the molecule is CCN(CC1CCN(C(=NC)NCc2ccsc2)CC1)C(=O)OC(C)(C)C. The lowest BCUT2D eigenvalue weighted by Gasteiger charge is -2.36. The van der Waals surface area contributed by atoms with E-state index in [0.29, 0.717) is 12.5 Å². The number of ether oxygens (including phenoxy) is 1. The van der Waals surface area contributed by atoms with Crippen LogP contribution in [0.5, 0.6) is 0 Å². The van der Waals surface area contributed by atoms with Crippen LogP contribution >= 0.6 is 11.3 Å². The summed E-state index contributed by atoms with van der Waals surface area (Å²) in [6.07, 6.45) is 1.90. The van der Waals surface area contributed by atoms with E-state index in [1.165, 1.54) is 5.56 Å². The first-order chi connectivity index (χ1) is 12.8. The number of carbonyl (C=O) groups excluding carboxylic acids is 1. The Morgan fingerprint density at radius 1 is 1.41 bits per heavy atom. The largest absolute Gasteiger partial charge is 0.444 e. The molecule has 1 N–H and O–H groups in total. The molecule has 1 aliphatic rings. The molecule has 0 saturated carbocycles. The van der Waals surface area contributed by atoms with Crippen LogP contribution < -0.4 is 5.32 Å². The molecule has 0 atom stereocenters. The summed E-state index contributed by atoms with van der Waals surface area (Å²) in [5.41, 5.74) is 0.834. The molecule has 2 rings (SSSR count). The van der Waals surface area contributed by atoms with Gasteiger partial charge in [0, 0.05) is 39.8 Å². The summed E-state index contributed by atoms with van der Waals surface area (Å²) in [6.45, 7) is 11.9. The molecule has 0 aliphatic carbocycles. The number of hydrogen-bond donors (Lipinski definition) is 1. The number of likely N-dealkylation sites (tertiary alicyclic amines) is 1. The van der Waals surface area contributed by atoms with Crippen LogP contribution in [0.2, 0.25) is 0 Å². The minimum absolute atomic E-state index is 0.208. The second-order valence-corrected chi connectivity index (χ2v) is 8.76. The van der Waals surface area contributed by atoms with Gasteiger partial charge in [-0.05, 0) is 68.8 Å². The standard InChI is InChI=1S/C20H34N4O2S/c1-6-23(19(25)26-20(2,3)4)14-16-7-10-24(11-8-16)18(21-5)22-13-17-9-12-27-15-17/h9,12,15-16H,6-8,10-11,13-14H2,1-5H3,(H,21,22). The van der Waals surface area contributed by atoms with Crippen molar-refractivity contribution in [2.75, 3.05) is 33.2 Å². The van der Waals surface area contributed by atoms with Crippen molar-refractivity contribution in [2.45, 2.75) is 52.7 Å². The van der Waals surface area contributed by atoms with Crippen molar-refractivity contribution in [3.63, 3.8) is 0 Å². The summed E-state index contributed by atoms with van der Waals surface area (Å²) in [7, 11) is 1.84. The highest BCUT2D eigenvalue weighted by Crippen LogP contribution is 2.20. The molecule has 7 heteroatoms. The summed E-state index contributed by atoms with van der Waals surface area (Å²) in [6, 6.07) is 2.13. The molecule has 1 fully saturated rings. The molecule has 1 amide bonds. The molecule has 1 aliphatic heterocycles. The van der Waals surface area contributed by atoms with E-state index in [-0.39, 0.29) is 6.09 Å². The van der Waals surface area contributed by atoms with Crippen LogP contribution in [0, 0.1) is 5.92 Å². The summed E-state index contributed by atoms with van der Waals surface area (Å²) >= 11 is 1.71. The highest BCUT2D eigenvalue weighted by Gasteiger charge is 2.27. The minimum atomic E-state index is -0.450. The fourth-order valence-corrected chi connectivity index (χ4v) is 3.87. The van der Waals surface area contributed by atoms with Gasteiger partial charge in [-0.3, -0.25) is 4.99 Å². The zero-order valence-electron chi connectivity index (χ0n) is 17.3. The summed E-state index contributed by atoms with van der Waals surface area (Å²) in [4.78, 5) is 20.9. The molecular weight excluding hydrogens is 360 g/mol. The second-order valence-electron chi connectivity index (χ2n) is 7.98. The van der Waals surface area contributed by atoms with E-state index in [2.05, 4.69) is 32.0 Å². The molecule has 0 unspecified atom stereocenters. The highest BCUT2D eigenvalue weighted by molar-refractivity contribution is 7.07. The lowest BCUT2D eigenvalue weighted by molar-refractivity contribution is 0.0214. The molecule has 1 aromatic heterocycles. The fraction of sp³-hybridized carbons (Fsp3) is 0.700. The summed E-state index contributed by atoms with van der Waals surface area (Å²) in [5, 5.41) is 7.70. The van der Waals surface area contributed by atoms with Gasteiger partial charge < -0.3 is 19.9 Å². The van der Waals surface area contributed by atoms with Gasteiger partial charge >= 0.3 is 6.09 Å². The summed E-state index contributed by atoms with van der Waals surface area (Å²) in [5.74, 6) is 1.46. The smallest absolute Gasteiger partial charge is 0.410 e. The number of nitrogens with one attached hydrogen (secondary N) is 1. The van der Waals surface area contributed by atoms with Gasteiger partial charge in [-0.2, -0.15) is 11.3 Å². The Bertz CT molecular complexity index is 602. The van der Waals surface area contributed by atoms with Crippen LogP contribution in [-0.2, 0) is 11.3 Å². The molecule has 0 radical (unpaired) electrons. The van der Waals surface area contributed by atoms with E-state index in [1.807, 2.05) is 39.6 Å². The first-order valence-electron chi connectivity index (χ1n) is 9.77. The number of aliphatic imine (C=N–C) groups is 1. The van der Waals surface area contributed by atoms with E-state index in [9.17, 15) is 4.79 Å². The maximum absolute atomic E-state index is 12.3. The van der Waals surface area contributed by atoms with Crippen molar-refractivity contribution in [1.82, 2.24) is 15.1 Å². The number of carbonyl (C=O) groups is 1. The summed E-state index contributed by atoms with van der Waals surface area (Å²) < 4.78 is 5.52. The van der Waals surface area contributed by atoms with Crippen LogP contribution in [0.3, 0.4) is 0 Å². The quantitative estimate of drug-likeness (QED) is 0.610. The Morgan fingerprint density at radius 3 is 2.63 bits per heavy atom. The van der Waals surface area contributed by atoms with Crippen molar-refractivity contribution in [2.24, 2.45) is 10.9 Å². The Kier molecular flexibility index (Phi) is 7.95. The van der Waals surface area contributed by atoms with Crippen LogP contribution in [0.1, 0.15) is 46.1 Å². The molecule has 6 nitrogen and oxygen atoms in total. The van der Waals surface area contributed by atoms with Crippen molar-refractivity contribution >= 4 is 23.4 Å². The van der Waals surface area contributed by atoms with E-state index in [1.54, 1.807) is 11.3 Å². The Balaban J connectivity index is 1.80. The third-order valence-electron chi connectivity index (χ3n) is 4.67. The van der Waals surface area contributed by atoms with E-state index in [4.69, 9.17) is 4.74 Å². The molecule has 27 heavy (non-hydrogen) atoms. The second kappa shape index (κ2) is 9.97. The van der Waals surface area contributed by atoms with Crippen LogP contribution in [-0.4, -0.2) is 60.7 Å². The lowest BCUT2D eigenvalue weighted by Crippen LogP contribution is -2.47. The molecule has 152 valence electrons. The zero-order chi connectivity index (χ0) is 19.9. The van der Waals surface area contributed by atoms with Crippen molar-refractivity contribution < 1.29 is 9.53 Å². The minimum Gasteiger partial charge on any atom is -0.444 e. The van der Waals surface area contributed by atoms with Crippen LogP contribution in [0.15, 0.2) is 21.8 Å². The van der Waals surface area contributed by atoms with Gasteiger partial charge in [0.2, 0.25) is 0 Å². The van der Waals surface area contributed by atoms with Crippen molar-refractivity contribution in [1.29, 1.82) is 0 Å². The monoisotopic (exact) mass is 394 g/mol. The van der Waals surface area contributed by atoms with Crippen LogP contribution in [0.25, 0.3) is 0 Å². The fourth-order valence-electron chi connectivity index (χ4n) is 3.20. The zero-order valence-corrected chi connectivity index (χ0v) is 18.1. The average molecular weight is 395 g/mol. The molecule has 1 saturated heterocycles. The van der Waals surface area contributed by atoms with Gasteiger partial charge in [0.1, 0.15) is 5.60 Å². The van der Waals surface area contributed by atoms with Crippen LogP contribution in [0.4, 0.5) is 4.79 Å². The molecule has 0 bridgehead atoms. The van der Waals surface area contributed by atoms with Gasteiger partial charge in [-0.25, -0.2) is 4.79 Å². The van der Waals surface area contributed by atoms with Crippen molar-refractivity contribution in [3.8, 4) is 0 Å². The molecule has 1 aromatic rings. The van der Waals surface area contributed by atoms with Gasteiger partial charge in [-0.1, -0.05) is 0 Å². The Morgan fingerprint density at radius 2 is 2.11 bits per heavy atom. The lowest BCUT2D eigenvalue weighted by atomic mass is 9.96. The normalized spacial score (nSPS) is 16.3. The van der Waals surface area contributed by atoms with E-state index >= 15 is 0 Å². The number of amides is 1. The third kappa shape index (κ3) is 7.05. The Hall–Kier alpha value is -1.76. The first-order valence-corrected chi connectivity index (χ1v) is 10.7. The third-order valence-corrected chi connectivity index (χ3v) is 5.40. The number of thiophene rings is 1. The first kappa shape index (κ1) is 21.5. The number of guanidine groups is 1. The molecule has 0 aromatic carbocycles. The van der Waals surface area contributed by atoms with E-state index in [0.717, 1.165) is 45.0 Å². The predicted octanol–water partition coefficient (Wildman–Crippen LogP) is 3.79.